The van der Waals surface area contributed by atoms with E-state index in [-0.39, 0.29) is 5.95 Å². The summed E-state index contributed by atoms with van der Waals surface area (Å²) in [5.41, 5.74) is 2.66. The van der Waals surface area contributed by atoms with Crippen LogP contribution in [0.4, 0.5) is 17.5 Å². The molecule has 6 nitrogen and oxygen atoms in total. The van der Waals surface area contributed by atoms with Gasteiger partial charge in [-0.25, -0.2) is 4.98 Å². The number of fused-ring (bicyclic) bond motifs is 1. The number of hydrogen-bond donors (Lipinski definition) is 2. The fraction of sp³-hybridized carbons (Fsp3) is 0.0800. The average Bonchev–Trinajstić information content (AvgIpc) is 2.79. The summed E-state index contributed by atoms with van der Waals surface area (Å²) in [6.07, 6.45) is 0. The lowest BCUT2D eigenvalue weighted by molar-refractivity contribution is -0.111. The van der Waals surface area contributed by atoms with Gasteiger partial charge >= 0.3 is 5.91 Å². The second-order valence-electron chi connectivity index (χ2n) is 6.67. The van der Waals surface area contributed by atoms with Gasteiger partial charge in [-0.15, -0.1) is 0 Å². The number of benzene rings is 3. The fourth-order valence-electron chi connectivity index (χ4n) is 2.99. The molecule has 0 aliphatic rings. The molecule has 31 heavy (non-hydrogen) atoms. The van der Waals surface area contributed by atoms with Crippen molar-refractivity contribution in [3.63, 3.8) is 0 Å². The average molecular weight is 408 g/mol. The van der Waals surface area contributed by atoms with Gasteiger partial charge in [-0.1, -0.05) is 48.4 Å². The number of anilines is 3. The molecule has 0 fully saturated rings. The number of carbonyl (C=O) groups is 1. The molecule has 4 rings (SSSR count). The number of para-hydroxylation sites is 1. The smallest absolute Gasteiger partial charge is 0.302 e. The van der Waals surface area contributed by atoms with Crippen LogP contribution in [0, 0.1) is 11.8 Å². The Kier molecular flexibility index (Phi) is 6.05. The Labute approximate surface area is 180 Å². The van der Waals surface area contributed by atoms with E-state index < -0.39 is 5.91 Å². The van der Waals surface area contributed by atoms with Crippen LogP contribution in [0.3, 0.4) is 0 Å². The summed E-state index contributed by atoms with van der Waals surface area (Å²) in [4.78, 5) is 20.7. The van der Waals surface area contributed by atoms with E-state index in [1.165, 1.54) is 0 Å². The zero-order valence-electron chi connectivity index (χ0n) is 16.9. The van der Waals surface area contributed by atoms with Gasteiger partial charge in [-0.05, 0) is 54.8 Å². The van der Waals surface area contributed by atoms with Crippen molar-refractivity contribution >= 4 is 34.3 Å². The van der Waals surface area contributed by atoms with Gasteiger partial charge in [-0.3, -0.25) is 10.1 Å². The summed E-state index contributed by atoms with van der Waals surface area (Å²) in [6.45, 7) is 2.11. The molecule has 1 heterocycles. The molecule has 0 saturated heterocycles. The molecule has 0 radical (unpaired) electrons. The minimum absolute atomic E-state index is 0.191. The van der Waals surface area contributed by atoms with Crippen LogP contribution in [-0.4, -0.2) is 15.9 Å². The van der Waals surface area contributed by atoms with Crippen LogP contribution in [0.25, 0.3) is 10.9 Å². The second kappa shape index (κ2) is 9.42. The lowest BCUT2D eigenvalue weighted by Gasteiger charge is -2.12. The maximum atomic E-state index is 11.8. The Bertz CT molecular complexity index is 1260. The van der Waals surface area contributed by atoms with Crippen molar-refractivity contribution in [2.45, 2.75) is 13.5 Å². The second-order valence-corrected chi connectivity index (χ2v) is 6.67. The van der Waals surface area contributed by atoms with Gasteiger partial charge in [0.2, 0.25) is 5.95 Å². The third-order valence-corrected chi connectivity index (χ3v) is 4.43. The largest absolute Gasteiger partial charge is 0.489 e. The minimum Gasteiger partial charge on any atom is -0.489 e. The van der Waals surface area contributed by atoms with Crippen molar-refractivity contribution in [1.29, 1.82) is 0 Å². The van der Waals surface area contributed by atoms with E-state index in [1.54, 1.807) is 6.92 Å². The first-order chi connectivity index (χ1) is 15.2. The topological polar surface area (TPSA) is 76.1 Å². The van der Waals surface area contributed by atoms with Crippen LogP contribution in [0.15, 0.2) is 78.9 Å². The van der Waals surface area contributed by atoms with Crippen molar-refractivity contribution < 1.29 is 9.53 Å². The Morgan fingerprint density at radius 3 is 2.45 bits per heavy atom. The predicted molar refractivity (Wildman–Crippen MR) is 122 cm³/mol. The van der Waals surface area contributed by atoms with E-state index in [4.69, 9.17) is 4.74 Å². The third-order valence-electron chi connectivity index (χ3n) is 4.43. The molecule has 152 valence electrons. The van der Waals surface area contributed by atoms with Gasteiger partial charge in [0.25, 0.3) is 0 Å². The van der Waals surface area contributed by atoms with Gasteiger partial charge in [0.1, 0.15) is 18.2 Å². The van der Waals surface area contributed by atoms with Crippen molar-refractivity contribution in [3.05, 3.63) is 84.4 Å². The molecule has 0 bridgehead atoms. The summed E-state index contributed by atoms with van der Waals surface area (Å²) in [5.74, 6) is 6.08. The number of aromatic nitrogens is 2. The fourth-order valence-corrected chi connectivity index (χ4v) is 2.99. The number of nitrogens with zero attached hydrogens (tertiary/aromatic N) is 2. The highest BCUT2D eigenvalue weighted by atomic mass is 16.5. The van der Waals surface area contributed by atoms with Crippen molar-refractivity contribution in [3.8, 4) is 17.6 Å². The normalized spacial score (nSPS) is 10.1. The van der Waals surface area contributed by atoms with Crippen molar-refractivity contribution in [2.75, 3.05) is 10.6 Å². The first kappa shape index (κ1) is 19.9. The SMILES string of the molecule is CC#CC(=O)Nc1nc(Nc2ccc(OCc3ccccc3)cc2)c2ccccc2n1. The lowest BCUT2D eigenvalue weighted by atomic mass is 10.2. The van der Waals surface area contributed by atoms with Crippen LogP contribution in [-0.2, 0) is 11.4 Å². The Balaban J connectivity index is 1.53. The van der Waals surface area contributed by atoms with Crippen molar-refractivity contribution in [2.24, 2.45) is 0 Å². The summed E-state index contributed by atoms with van der Waals surface area (Å²) < 4.78 is 5.84. The van der Waals surface area contributed by atoms with Gasteiger partial charge in [0.05, 0.1) is 5.52 Å². The summed E-state index contributed by atoms with van der Waals surface area (Å²) in [7, 11) is 0. The quantitative estimate of drug-likeness (QED) is 0.443. The molecule has 0 unspecified atom stereocenters. The standard InChI is InChI=1S/C25H20N4O2/c1-2-8-23(30)28-25-27-22-12-7-6-11-21(22)24(29-25)26-19-13-15-20(16-14-19)31-17-18-9-4-3-5-10-18/h3-7,9-16H,17H2,1H3,(H2,26,27,28,29,30). The summed E-state index contributed by atoms with van der Waals surface area (Å²) in [6, 6.07) is 25.2. The van der Waals surface area contributed by atoms with Crippen molar-refractivity contribution in [1.82, 2.24) is 9.97 Å². The number of amides is 1. The van der Waals surface area contributed by atoms with E-state index in [0.29, 0.717) is 17.9 Å². The van der Waals surface area contributed by atoms with Crippen LogP contribution in [0.1, 0.15) is 12.5 Å². The number of ether oxygens (including phenoxy) is 1. The predicted octanol–water partition coefficient (Wildman–Crippen LogP) is 4.91. The molecule has 0 spiro atoms. The number of nitrogens with one attached hydrogen (secondary N) is 2. The molecule has 0 aliphatic carbocycles. The molecule has 3 aromatic carbocycles. The highest BCUT2D eigenvalue weighted by molar-refractivity contribution is 6.03. The maximum Gasteiger partial charge on any atom is 0.302 e. The van der Waals surface area contributed by atoms with Crippen LogP contribution in [0.2, 0.25) is 0 Å². The van der Waals surface area contributed by atoms with Crippen LogP contribution < -0.4 is 15.4 Å². The molecule has 1 amide bonds. The summed E-state index contributed by atoms with van der Waals surface area (Å²) >= 11 is 0. The highest BCUT2D eigenvalue weighted by Crippen LogP contribution is 2.26. The monoisotopic (exact) mass is 408 g/mol. The Morgan fingerprint density at radius 1 is 0.935 bits per heavy atom. The zero-order chi connectivity index (χ0) is 21.5. The Hall–Kier alpha value is -4.37. The highest BCUT2D eigenvalue weighted by Gasteiger charge is 2.10. The van der Waals surface area contributed by atoms with E-state index in [9.17, 15) is 4.79 Å². The van der Waals surface area contributed by atoms with E-state index in [1.807, 2.05) is 78.9 Å². The van der Waals surface area contributed by atoms with E-state index in [0.717, 1.165) is 22.4 Å². The molecule has 1 aromatic heterocycles. The first-order valence-electron chi connectivity index (χ1n) is 9.75. The Morgan fingerprint density at radius 2 is 1.68 bits per heavy atom. The van der Waals surface area contributed by atoms with E-state index in [2.05, 4.69) is 32.4 Å². The molecular weight excluding hydrogens is 388 g/mol. The molecular formula is C25H20N4O2. The van der Waals surface area contributed by atoms with Gasteiger partial charge in [-0.2, -0.15) is 4.98 Å². The van der Waals surface area contributed by atoms with Gasteiger partial charge in [0, 0.05) is 11.1 Å². The zero-order valence-corrected chi connectivity index (χ0v) is 16.9. The van der Waals surface area contributed by atoms with Crippen LogP contribution >= 0.6 is 0 Å². The van der Waals surface area contributed by atoms with Crippen LogP contribution in [0.5, 0.6) is 5.75 Å². The minimum atomic E-state index is -0.455. The maximum absolute atomic E-state index is 11.8. The number of carbonyl (C=O) groups excluding carboxylic acids is 1. The number of rotatable bonds is 6. The molecule has 4 aromatic rings. The van der Waals surface area contributed by atoms with Gasteiger partial charge in [0.15, 0.2) is 0 Å². The lowest BCUT2D eigenvalue weighted by Crippen LogP contribution is -2.12. The van der Waals surface area contributed by atoms with E-state index >= 15 is 0 Å². The molecule has 0 atom stereocenters. The van der Waals surface area contributed by atoms with Gasteiger partial charge < -0.3 is 10.1 Å². The number of hydrogen-bond acceptors (Lipinski definition) is 5. The summed E-state index contributed by atoms with van der Waals surface area (Å²) in [5, 5.41) is 6.75. The molecule has 0 aliphatic heterocycles. The first-order valence-corrected chi connectivity index (χ1v) is 9.75. The molecule has 6 heteroatoms. The molecule has 0 saturated carbocycles. The molecule has 2 N–H and O–H groups in total. The third kappa shape index (κ3) is 5.17.